The van der Waals surface area contributed by atoms with Crippen molar-refractivity contribution in [2.75, 3.05) is 0 Å². The predicted molar refractivity (Wildman–Crippen MR) is 574 cm³/mol. The van der Waals surface area contributed by atoms with Crippen molar-refractivity contribution in [3.05, 3.63) is 465 Å². The molecule has 144 heavy (non-hydrogen) atoms. The average Bonchev–Trinajstić information content (AvgIpc) is 1.57. The number of nitriles is 2. The first-order chi connectivity index (χ1) is 71.3. The molecule has 0 radical (unpaired) electrons. The zero-order valence-electron chi connectivity index (χ0n) is 76.6. The lowest BCUT2D eigenvalue weighted by molar-refractivity contribution is 0.668. The molecule has 0 atom stereocenters. The average molecular weight is 1850 g/mol. The zero-order chi connectivity index (χ0) is 95.8. The molecule has 670 valence electrons. The van der Waals surface area contributed by atoms with Crippen molar-refractivity contribution in [1.82, 2.24) is 58.6 Å². The maximum atomic E-state index is 10.1. The normalized spacial score (nSPS) is 11.5. The van der Waals surface area contributed by atoms with Crippen molar-refractivity contribution in [2.45, 2.75) is 0 Å². The van der Waals surface area contributed by atoms with E-state index in [4.69, 9.17) is 64.7 Å². The quantitative estimate of drug-likeness (QED) is 0.0980. The second kappa shape index (κ2) is 35.2. The summed E-state index contributed by atoms with van der Waals surface area (Å²) in [6.45, 7) is 7.73. The summed E-state index contributed by atoms with van der Waals surface area (Å²) in [6, 6.07) is 153. The van der Waals surface area contributed by atoms with Gasteiger partial charge in [-0.3, -0.25) is 0 Å². The second-order valence-corrected chi connectivity index (χ2v) is 35.0. The summed E-state index contributed by atoms with van der Waals surface area (Å²) in [4.78, 5) is 49.7. The second-order valence-electron chi connectivity index (χ2n) is 35.0. The van der Waals surface area contributed by atoms with Gasteiger partial charge in [-0.25, -0.2) is 49.7 Å². The SMILES string of the molecule is N#Cc1cccc2oc3cccc(-c4nc(-c5ccc(-c6ccccc6)cc5)nc(-c5ccc6c7ccccc7n(-c7ccccc7)c6c5)n4)c3c12.N#Cc1cccc2oc3cccc(-c4nc(-c5ccccc5)nc(-c5cccc6c7ccccc7n(-c7ccccc7)c56)n4)c3c12.[C-]#[N+]c1cccc2oc3c(-c4nc(-c5ccccc5)nc(-c5cccc6c5c5ccccc5n6-c5ccccc5)n4)cccc3c12. The molecule has 0 fully saturated rings. The standard InChI is InChI=1S/C46H27N5O.2C40H23N5O/c47-28-33-13-9-19-40-42(33)43-37(17-10-20-41(43)52-40)46-49-44(31-23-21-30(22-24-31)29-11-3-1-4-12-29)48-45(50-46)32-25-26-36-35-16-7-8-18-38(35)51(39(36)27-32)34-14-5-2-6-15-34;1-41-31-21-12-24-34-36(31)28-18-10-20-30(37(28)46-34)40-43-38(25-13-4-2-5-14-25)42-39(44-40)29-19-11-23-33-35(29)27-17-8-9-22-32(27)45(33)26-15-6-3-7-16-26;41-24-26-14-9-22-33-35(26)36-30(19-11-23-34(36)46-33)39-42-38(25-12-3-1-4-13-25)43-40(44-39)31-20-10-18-29-28-17-7-8-21-32(28)45(37(29)31)27-15-5-2-6-16-27/h1-27H;2-24H;1-23H. The first kappa shape index (κ1) is 84.0. The van der Waals surface area contributed by atoms with E-state index in [9.17, 15) is 10.5 Å². The minimum absolute atomic E-state index is 0.497. The number of hydrogen-bond acceptors (Lipinski definition) is 14. The highest BCUT2D eigenvalue weighted by Gasteiger charge is 2.28. The van der Waals surface area contributed by atoms with Crippen LogP contribution in [0.4, 0.5) is 5.69 Å². The van der Waals surface area contributed by atoms with E-state index >= 15 is 0 Å². The number of aromatic nitrogens is 12. The van der Waals surface area contributed by atoms with Crippen molar-refractivity contribution in [3.63, 3.8) is 0 Å². The van der Waals surface area contributed by atoms with Gasteiger partial charge < -0.3 is 27.0 Å². The fourth-order valence-corrected chi connectivity index (χ4v) is 20.3. The third-order valence-electron chi connectivity index (χ3n) is 26.7. The summed E-state index contributed by atoms with van der Waals surface area (Å²) in [5.41, 5.74) is 25.1. The summed E-state index contributed by atoms with van der Waals surface area (Å²) < 4.78 is 25.7. The van der Waals surface area contributed by atoms with Gasteiger partial charge in [-0.1, -0.05) is 322 Å². The van der Waals surface area contributed by atoms with Crippen LogP contribution in [-0.4, -0.2) is 58.6 Å². The van der Waals surface area contributed by atoms with Crippen LogP contribution >= 0.6 is 0 Å². The van der Waals surface area contributed by atoms with Crippen molar-refractivity contribution in [2.24, 2.45) is 0 Å². The van der Waals surface area contributed by atoms with Gasteiger partial charge >= 0.3 is 0 Å². The molecule has 28 aromatic rings. The lowest BCUT2D eigenvalue weighted by atomic mass is 10.0. The fourth-order valence-electron chi connectivity index (χ4n) is 20.3. The van der Waals surface area contributed by atoms with Gasteiger partial charge in [0.15, 0.2) is 58.1 Å². The predicted octanol–water partition coefficient (Wildman–Crippen LogP) is 31.6. The minimum atomic E-state index is 0.497. The summed E-state index contributed by atoms with van der Waals surface area (Å²) in [6.07, 6.45) is 0. The van der Waals surface area contributed by atoms with E-state index < -0.39 is 0 Å². The molecule has 0 spiro atoms. The Hall–Kier alpha value is -20.5. The Morgan fingerprint density at radius 3 is 1.06 bits per heavy atom. The number of fused-ring (bicyclic) bond motifs is 18. The van der Waals surface area contributed by atoms with E-state index in [0.29, 0.717) is 103 Å². The molecule has 0 aliphatic rings. The van der Waals surface area contributed by atoms with Crippen LogP contribution in [0.2, 0.25) is 0 Å². The Morgan fingerprint density at radius 2 is 0.535 bits per heavy atom. The molecule has 18 heteroatoms. The van der Waals surface area contributed by atoms with Crippen molar-refractivity contribution >= 4 is 137 Å². The monoisotopic (exact) mass is 1840 g/mol. The van der Waals surface area contributed by atoms with E-state index in [-0.39, 0.29) is 0 Å². The van der Waals surface area contributed by atoms with Crippen LogP contribution in [0.25, 0.3) is 267 Å². The van der Waals surface area contributed by atoms with E-state index in [1.165, 1.54) is 5.39 Å². The van der Waals surface area contributed by atoms with E-state index in [1.54, 1.807) is 0 Å². The molecule has 0 N–H and O–H groups in total. The van der Waals surface area contributed by atoms with Gasteiger partial charge in [0.05, 0.1) is 68.5 Å². The lowest BCUT2D eigenvalue weighted by Crippen LogP contribution is -2.02. The number of rotatable bonds is 13. The third kappa shape index (κ3) is 14.4. The lowest BCUT2D eigenvalue weighted by Gasteiger charge is -2.13. The zero-order valence-corrected chi connectivity index (χ0v) is 76.6. The number of nitrogens with zero attached hydrogens (tertiary/aromatic N) is 15. The van der Waals surface area contributed by atoms with Crippen molar-refractivity contribution in [1.29, 1.82) is 10.5 Å². The number of para-hydroxylation sites is 8. The largest absolute Gasteiger partial charge is 0.457 e. The molecule has 9 heterocycles. The fraction of sp³-hybridized carbons (Fsp3) is 0. The highest BCUT2D eigenvalue weighted by molar-refractivity contribution is 6.20. The molecular formula is C126H73N15O3. The molecule has 0 saturated carbocycles. The molecule has 0 saturated heterocycles. The van der Waals surface area contributed by atoms with Gasteiger partial charge in [-0.15, -0.1) is 0 Å². The highest BCUT2D eigenvalue weighted by atomic mass is 16.3. The Labute approximate surface area is 822 Å². The van der Waals surface area contributed by atoms with Gasteiger partial charge in [0.2, 0.25) is 0 Å². The first-order valence-electron chi connectivity index (χ1n) is 47.1. The maximum Gasteiger partial charge on any atom is 0.198 e. The van der Waals surface area contributed by atoms with Gasteiger partial charge in [-0.2, -0.15) is 10.5 Å². The Bertz CT molecular complexity index is 10100. The molecule has 9 aromatic heterocycles. The van der Waals surface area contributed by atoms with Gasteiger partial charge in [0.25, 0.3) is 0 Å². The van der Waals surface area contributed by atoms with Crippen LogP contribution in [-0.2, 0) is 0 Å². The van der Waals surface area contributed by atoms with Crippen LogP contribution in [0, 0.1) is 29.2 Å². The third-order valence-corrected chi connectivity index (χ3v) is 26.7. The Balaban J connectivity index is 0.000000110. The van der Waals surface area contributed by atoms with Crippen LogP contribution < -0.4 is 0 Å². The molecule has 28 rings (SSSR count). The molecule has 0 bridgehead atoms. The van der Waals surface area contributed by atoms with Crippen LogP contribution in [0.3, 0.4) is 0 Å². The molecule has 0 amide bonds. The molecular weight excluding hydrogens is 1770 g/mol. The summed E-state index contributed by atoms with van der Waals surface area (Å²) in [7, 11) is 0. The molecule has 0 aliphatic heterocycles. The van der Waals surface area contributed by atoms with Crippen molar-refractivity contribution in [3.8, 4) is 143 Å². The van der Waals surface area contributed by atoms with Gasteiger partial charge in [0, 0.05) is 126 Å². The molecule has 18 nitrogen and oxygen atoms in total. The smallest absolute Gasteiger partial charge is 0.198 e. The summed E-state index contributed by atoms with van der Waals surface area (Å²) in [5, 5.41) is 31.6. The molecule has 19 aromatic carbocycles. The molecule has 0 unspecified atom stereocenters. The van der Waals surface area contributed by atoms with Gasteiger partial charge in [-0.05, 0) is 132 Å². The van der Waals surface area contributed by atoms with E-state index in [0.717, 1.165) is 171 Å². The van der Waals surface area contributed by atoms with Crippen LogP contribution in [0.1, 0.15) is 11.1 Å². The first-order valence-corrected chi connectivity index (χ1v) is 47.1. The number of hydrogen-bond donors (Lipinski definition) is 0. The Kier molecular flexibility index (Phi) is 20.6. The highest BCUT2D eigenvalue weighted by Crippen LogP contribution is 2.47. The Morgan fingerprint density at radius 1 is 0.215 bits per heavy atom. The van der Waals surface area contributed by atoms with Gasteiger partial charge in [0.1, 0.15) is 33.5 Å². The van der Waals surface area contributed by atoms with Crippen LogP contribution in [0.15, 0.2) is 456 Å². The number of furan rings is 3. The number of benzene rings is 19. The maximum absolute atomic E-state index is 10.1. The van der Waals surface area contributed by atoms with Crippen molar-refractivity contribution < 1.29 is 13.3 Å². The minimum Gasteiger partial charge on any atom is -0.457 e. The molecule has 0 aliphatic carbocycles. The van der Waals surface area contributed by atoms with E-state index in [1.807, 2.05) is 206 Å². The summed E-state index contributed by atoms with van der Waals surface area (Å²) in [5.74, 6) is 4.85. The summed E-state index contributed by atoms with van der Waals surface area (Å²) >= 11 is 0. The topological polar surface area (TPSA) is 222 Å². The van der Waals surface area contributed by atoms with Crippen LogP contribution in [0.5, 0.6) is 0 Å². The van der Waals surface area contributed by atoms with E-state index in [2.05, 4.69) is 267 Å².